The van der Waals surface area contributed by atoms with E-state index in [9.17, 15) is 0 Å². The first-order valence-electron chi connectivity index (χ1n) is 9.31. The van der Waals surface area contributed by atoms with Crippen LogP contribution >= 0.6 is 0 Å². The number of para-hydroxylation sites is 1. The van der Waals surface area contributed by atoms with Crippen LogP contribution in [-0.2, 0) is 6.54 Å². The van der Waals surface area contributed by atoms with Gasteiger partial charge in [0, 0.05) is 41.3 Å². The van der Waals surface area contributed by atoms with Crippen molar-refractivity contribution >= 4 is 10.9 Å². The lowest BCUT2D eigenvalue weighted by atomic mass is 10.0. The monoisotopic (exact) mass is 337 g/mol. The lowest BCUT2D eigenvalue weighted by molar-refractivity contribution is 0.246. The molecule has 0 spiro atoms. The fraction of sp³-hybridized carbons (Fsp3) is 0.476. The zero-order chi connectivity index (χ0) is 17.6. The van der Waals surface area contributed by atoms with Gasteiger partial charge in [-0.2, -0.15) is 0 Å². The van der Waals surface area contributed by atoms with Gasteiger partial charge in [-0.3, -0.25) is 4.90 Å². The molecule has 1 aliphatic heterocycles. The molecule has 1 saturated heterocycles. The number of hydrogen-bond donors (Lipinski definition) is 0. The summed E-state index contributed by atoms with van der Waals surface area (Å²) in [5, 5.41) is 5.55. The van der Waals surface area contributed by atoms with Crippen molar-refractivity contribution in [3.8, 4) is 0 Å². The average molecular weight is 337 g/mol. The second-order valence-corrected chi connectivity index (χ2v) is 7.54. The molecule has 0 aliphatic carbocycles. The van der Waals surface area contributed by atoms with E-state index in [1.807, 2.05) is 6.92 Å². The quantitative estimate of drug-likeness (QED) is 0.659. The molecule has 1 atom stereocenters. The maximum absolute atomic E-state index is 5.43. The third-order valence-corrected chi connectivity index (χ3v) is 5.54. The number of benzene rings is 1. The van der Waals surface area contributed by atoms with Gasteiger partial charge in [-0.1, -0.05) is 23.4 Å². The Morgan fingerprint density at radius 2 is 2.04 bits per heavy atom. The summed E-state index contributed by atoms with van der Waals surface area (Å²) in [6, 6.07) is 9.65. The Labute approximate surface area is 149 Å². The van der Waals surface area contributed by atoms with Crippen molar-refractivity contribution in [2.75, 3.05) is 6.54 Å². The van der Waals surface area contributed by atoms with E-state index in [4.69, 9.17) is 4.52 Å². The van der Waals surface area contributed by atoms with Gasteiger partial charge in [-0.05, 0) is 58.7 Å². The molecule has 0 N–H and O–H groups in total. The van der Waals surface area contributed by atoms with E-state index in [0.717, 1.165) is 24.5 Å². The molecule has 1 aromatic carbocycles. The average Bonchev–Trinajstić information content (AvgIpc) is 3.27. The zero-order valence-corrected chi connectivity index (χ0v) is 15.6. The number of aryl methyl sites for hydroxylation is 2. The molecule has 0 unspecified atom stereocenters. The van der Waals surface area contributed by atoms with E-state index in [-0.39, 0.29) is 0 Å². The van der Waals surface area contributed by atoms with Crippen LogP contribution in [0.2, 0.25) is 0 Å². The van der Waals surface area contributed by atoms with Gasteiger partial charge in [0.2, 0.25) is 0 Å². The first-order chi connectivity index (χ1) is 12.1. The lowest BCUT2D eigenvalue weighted by Gasteiger charge is -2.24. The SMILES string of the molecule is Cc1noc(C)c1[C@@H]1CCCN1Cc1cn(C(C)C)c2ccccc12. The molecule has 4 nitrogen and oxygen atoms in total. The molecule has 1 fully saturated rings. The van der Waals surface area contributed by atoms with Crippen LogP contribution in [-0.4, -0.2) is 21.2 Å². The van der Waals surface area contributed by atoms with Crippen LogP contribution in [0, 0.1) is 13.8 Å². The minimum Gasteiger partial charge on any atom is -0.361 e. The second-order valence-electron chi connectivity index (χ2n) is 7.54. The smallest absolute Gasteiger partial charge is 0.138 e. The van der Waals surface area contributed by atoms with Gasteiger partial charge in [0.05, 0.1) is 5.69 Å². The Kier molecular flexibility index (Phi) is 4.16. The van der Waals surface area contributed by atoms with Gasteiger partial charge >= 0.3 is 0 Å². The van der Waals surface area contributed by atoms with Crippen molar-refractivity contribution < 1.29 is 4.52 Å². The predicted octanol–water partition coefficient (Wildman–Crippen LogP) is 5.16. The molecule has 25 heavy (non-hydrogen) atoms. The molecule has 4 rings (SSSR count). The zero-order valence-electron chi connectivity index (χ0n) is 15.6. The molecule has 0 radical (unpaired) electrons. The van der Waals surface area contributed by atoms with Gasteiger partial charge in [0.25, 0.3) is 0 Å². The Morgan fingerprint density at radius 1 is 1.24 bits per heavy atom. The topological polar surface area (TPSA) is 34.2 Å². The summed E-state index contributed by atoms with van der Waals surface area (Å²) in [5.74, 6) is 0.971. The highest BCUT2D eigenvalue weighted by Crippen LogP contribution is 2.37. The third kappa shape index (κ3) is 2.78. The number of fused-ring (bicyclic) bond motifs is 1. The summed E-state index contributed by atoms with van der Waals surface area (Å²) in [7, 11) is 0. The van der Waals surface area contributed by atoms with Crippen molar-refractivity contribution in [3.63, 3.8) is 0 Å². The Balaban J connectivity index is 1.69. The Morgan fingerprint density at radius 3 is 2.76 bits per heavy atom. The molecular formula is C21H27N3O. The first kappa shape index (κ1) is 16.4. The minimum atomic E-state index is 0.424. The van der Waals surface area contributed by atoms with Crippen molar-refractivity contribution in [2.24, 2.45) is 0 Å². The molecule has 3 heterocycles. The maximum Gasteiger partial charge on any atom is 0.138 e. The van der Waals surface area contributed by atoms with Crippen molar-refractivity contribution in [1.29, 1.82) is 0 Å². The molecule has 2 aromatic heterocycles. The predicted molar refractivity (Wildman–Crippen MR) is 101 cm³/mol. The molecule has 0 bridgehead atoms. The molecule has 0 saturated carbocycles. The summed E-state index contributed by atoms with van der Waals surface area (Å²) < 4.78 is 7.83. The molecule has 0 amide bonds. The van der Waals surface area contributed by atoms with E-state index in [1.54, 1.807) is 0 Å². The molecule has 3 aromatic rings. The summed E-state index contributed by atoms with van der Waals surface area (Å²) in [5.41, 5.74) is 5.09. The van der Waals surface area contributed by atoms with Crippen molar-refractivity contribution in [1.82, 2.24) is 14.6 Å². The van der Waals surface area contributed by atoms with Gasteiger partial charge in [-0.15, -0.1) is 0 Å². The van der Waals surface area contributed by atoms with Gasteiger partial charge in [0.1, 0.15) is 5.76 Å². The number of rotatable bonds is 4. The molecule has 132 valence electrons. The van der Waals surface area contributed by atoms with E-state index in [0.29, 0.717) is 12.1 Å². The molecule has 4 heteroatoms. The fourth-order valence-electron chi connectivity index (χ4n) is 4.36. The minimum absolute atomic E-state index is 0.424. The van der Waals surface area contributed by atoms with Crippen LogP contribution in [0.5, 0.6) is 0 Å². The highest BCUT2D eigenvalue weighted by molar-refractivity contribution is 5.84. The van der Waals surface area contributed by atoms with E-state index in [2.05, 4.69) is 65.9 Å². The molecular weight excluding hydrogens is 310 g/mol. The van der Waals surface area contributed by atoms with Crippen LogP contribution < -0.4 is 0 Å². The number of aromatic nitrogens is 2. The fourth-order valence-corrected chi connectivity index (χ4v) is 4.36. The highest BCUT2D eigenvalue weighted by atomic mass is 16.5. The van der Waals surface area contributed by atoms with Crippen LogP contribution in [0.15, 0.2) is 35.0 Å². The van der Waals surface area contributed by atoms with E-state index >= 15 is 0 Å². The number of likely N-dealkylation sites (tertiary alicyclic amines) is 1. The Bertz CT molecular complexity index is 870. The summed E-state index contributed by atoms with van der Waals surface area (Å²) in [6.45, 7) is 10.7. The highest BCUT2D eigenvalue weighted by Gasteiger charge is 2.31. The first-order valence-corrected chi connectivity index (χ1v) is 9.31. The number of hydrogen-bond acceptors (Lipinski definition) is 3. The van der Waals surface area contributed by atoms with Crippen LogP contribution in [0.4, 0.5) is 0 Å². The number of nitrogens with zero attached hydrogens (tertiary/aromatic N) is 3. The summed E-state index contributed by atoms with van der Waals surface area (Å²) >= 11 is 0. The second kappa shape index (κ2) is 6.34. The van der Waals surface area contributed by atoms with Crippen LogP contribution in [0.3, 0.4) is 0 Å². The summed E-state index contributed by atoms with van der Waals surface area (Å²) in [6.07, 6.45) is 4.77. The van der Waals surface area contributed by atoms with Crippen LogP contribution in [0.1, 0.15) is 61.4 Å². The van der Waals surface area contributed by atoms with Crippen molar-refractivity contribution in [3.05, 3.63) is 53.0 Å². The summed E-state index contributed by atoms with van der Waals surface area (Å²) in [4.78, 5) is 2.60. The lowest BCUT2D eigenvalue weighted by Crippen LogP contribution is -2.23. The normalized spacial score (nSPS) is 18.7. The van der Waals surface area contributed by atoms with Gasteiger partial charge < -0.3 is 9.09 Å². The maximum atomic E-state index is 5.43. The molecule has 1 aliphatic rings. The third-order valence-electron chi connectivity index (χ3n) is 5.54. The standard InChI is InChI=1S/C21H27N3O/c1-14(2)24-13-17(18-8-5-6-9-19(18)24)12-23-11-7-10-20(23)21-15(3)22-25-16(21)4/h5-6,8-9,13-14,20H,7,10-12H2,1-4H3/t20-/m0/s1. The van der Waals surface area contributed by atoms with Crippen molar-refractivity contribution in [2.45, 2.75) is 59.2 Å². The largest absolute Gasteiger partial charge is 0.361 e. The Hall–Kier alpha value is -2.07. The van der Waals surface area contributed by atoms with Gasteiger partial charge in [-0.25, -0.2) is 0 Å². The van der Waals surface area contributed by atoms with E-state index in [1.165, 1.54) is 34.9 Å². The van der Waals surface area contributed by atoms with E-state index < -0.39 is 0 Å². The van der Waals surface area contributed by atoms with Gasteiger partial charge in [0.15, 0.2) is 0 Å². The van der Waals surface area contributed by atoms with Crippen LogP contribution in [0.25, 0.3) is 10.9 Å².